The van der Waals surface area contributed by atoms with E-state index < -0.39 is 16.0 Å². The fraction of sp³-hybridized carbons (Fsp3) is 0.125. The van der Waals surface area contributed by atoms with E-state index in [-0.39, 0.29) is 15.6 Å². The lowest BCUT2D eigenvalue weighted by atomic mass is 10.2. The first-order valence-electron chi connectivity index (χ1n) is 7.13. The molecule has 3 aromatic rings. The molecule has 9 heteroatoms. The molecule has 0 saturated heterocycles. The minimum atomic E-state index is -3.86. The molecule has 0 aliphatic carbocycles. The van der Waals surface area contributed by atoms with Gasteiger partial charge in [0.1, 0.15) is 4.21 Å². The highest BCUT2D eigenvalue weighted by Crippen LogP contribution is 2.34. The Morgan fingerprint density at radius 2 is 2.00 bits per heavy atom. The highest BCUT2D eigenvalue weighted by molar-refractivity contribution is 7.95. The molecule has 0 unspecified atom stereocenters. The molecule has 3 rings (SSSR count). The van der Waals surface area contributed by atoms with Gasteiger partial charge in [0.15, 0.2) is 5.82 Å². The van der Waals surface area contributed by atoms with E-state index in [0.29, 0.717) is 5.69 Å². The van der Waals surface area contributed by atoms with Crippen molar-refractivity contribution < 1.29 is 17.9 Å². The third-order valence-electron chi connectivity index (χ3n) is 3.31. The van der Waals surface area contributed by atoms with Gasteiger partial charge in [0.2, 0.25) is 0 Å². The van der Waals surface area contributed by atoms with Crippen LogP contribution in [-0.4, -0.2) is 26.5 Å². The van der Waals surface area contributed by atoms with Gasteiger partial charge in [0, 0.05) is 5.38 Å². The molecule has 0 atom stereocenters. The first-order chi connectivity index (χ1) is 11.9. The van der Waals surface area contributed by atoms with E-state index in [9.17, 15) is 13.2 Å². The Morgan fingerprint density at radius 3 is 2.60 bits per heavy atom. The molecular weight excluding hydrogens is 380 g/mol. The number of methoxy groups -OCH3 is 1. The lowest BCUT2D eigenvalue weighted by Crippen LogP contribution is -2.26. The van der Waals surface area contributed by atoms with Gasteiger partial charge in [-0.25, -0.2) is 14.1 Å². The lowest BCUT2D eigenvalue weighted by molar-refractivity contribution is 0.0600. The van der Waals surface area contributed by atoms with Crippen LogP contribution < -0.4 is 4.31 Å². The number of sulfonamides is 1. The minimum Gasteiger partial charge on any atom is -0.465 e. The average Bonchev–Trinajstić information content (AvgIpc) is 3.27. The number of thiophene rings is 1. The number of carbonyl (C=O) groups excluding carboxylic acids is 1. The monoisotopic (exact) mass is 394 g/mol. The van der Waals surface area contributed by atoms with Crippen molar-refractivity contribution in [3.63, 3.8) is 0 Å². The second-order valence-corrected chi connectivity index (χ2v) is 8.99. The summed E-state index contributed by atoms with van der Waals surface area (Å²) >= 11 is 2.47. The molecule has 0 radical (unpaired) electrons. The molecular formula is C16H14N2O4S3. The van der Waals surface area contributed by atoms with Crippen LogP contribution in [0.4, 0.5) is 11.5 Å². The van der Waals surface area contributed by atoms with Gasteiger partial charge in [0.05, 0.1) is 23.4 Å². The maximum atomic E-state index is 13.1. The van der Waals surface area contributed by atoms with Gasteiger partial charge in [-0.15, -0.1) is 22.7 Å². The first-order valence-corrected chi connectivity index (χ1v) is 10.3. The molecule has 1 aromatic carbocycles. The van der Waals surface area contributed by atoms with Crippen LogP contribution in [0.1, 0.15) is 15.4 Å². The molecule has 0 aliphatic heterocycles. The Morgan fingerprint density at radius 1 is 1.20 bits per heavy atom. The van der Waals surface area contributed by atoms with E-state index in [1.807, 2.05) is 0 Å². The smallest absolute Gasteiger partial charge is 0.337 e. The highest BCUT2D eigenvalue weighted by atomic mass is 32.2. The van der Waals surface area contributed by atoms with Gasteiger partial charge < -0.3 is 4.74 Å². The number of aromatic nitrogens is 1. The van der Waals surface area contributed by atoms with Crippen molar-refractivity contribution in [2.45, 2.75) is 11.1 Å². The van der Waals surface area contributed by atoms with Crippen LogP contribution in [0, 0.1) is 6.92 Å². The summed E-state index contributed by atoms with van der Waals surface area (Å²) in [6, 6.07) is 9.48. The van der Waals surface area contributed by atoms with E-state index in [1.54, 1.807) is 41.9 Å². The van der Waals surface area contributed by atoms with E-state index >= 15 is 0 Å². The molecule has 0 saturated carbocycles. The van der Waals surface area contributed by atoms with E-state index in [4.69, 9.17) is 4.74 Å². The first kappa shape index (κ1) is 17.6. The molecule has 0 amide bonds. The summed E-state index contributed by atoms with van der Waals surface area (Å²) in [7, 11) is -2.58. The van der Waals surface area contributed by atoms with Gasteiger partial charge in [-0.3, -0.25) is 0 Å². The molecule has 0 aliphatic rings. The van der Waals surface area contributed by atoms with E-state index in [2.05, 4.69) is 4.98 Å². The summed E-state index contributed by atoms with van der Waals surface area (Å²) in [5.74, 6) is -0.248. The van der Waals surface area contributed by atoms with E-state index in [1.165, 1.54) is 30.6 Å². The highest BCUT2D eigenvalue weighted by Gasteiger charge is 2.29. The molecule has 0 fully saturated rings. The van der Waals surface area contributed by atoms with Crippen molar-refractivity contribution in [2.24, 2.45) is 0 Å². The second kappa shape index (κ2) is 6.95. The van der Waals surface area contributed by atoms with Crippen LogP contribution in [-0.2, 0) is 14.8 Å². The Labute approximate surface area is 153 Å². The normalized spacial score (nSPS) is 11.3. The Kier molecular flexibility index (Phi) is 4.89. The third-order valence-corrected chi connectivity index (χ3v) is 7.17. The predicted molar refractivity (Wildman–Crippen MR) is 98.3 cm³/mol. The quantitative estimate of drug-likeness (QED) is 0.615. The van der Waals surface area contributed by atoms with Gasteiger partial charge in [-0.2, -0.15) is 8.42 Å². The van der Waals surface area contributed by atoms with Crippen molar-refractivity contribution >= 4 is 50.2 Å². The maximum Gasteiger partial charge on any atom is 0.337 e. The van der Waals surface area contributed by atoms with Crippen molar-refractivity contribution in [3.8, 4) is 0 Å². The fourth-order valence-electron chi connectivity index (χ4n) is 2.22. The molecule has 130 valence electrons. The Balaban J connectivity index is 2.18. The number of aryl methyl sites for hydroxylation is 1. The maximum absolute atomic E-state index is 13.1. The number of carbonyl (C=O) groups is 1. The van der Waals surface area contributed by atoms with Crippen LogP contribution in [0.3, 0.4) is 0 Å². The predicted octanol–water partition coefficient (Wildman–Crippen LogP) is 3.83. The lowest BCUT2D eigenvalue weighted by Gasteiger charge is -2.21. The molecule has 25 heavy (non-hydrogen) atoms. The number of esters is 1. The number of nitrogens with zero attached hydrogens (tertiary/aromatic N) is 2. The summed E-state index contributed by atoms with van der Waals surface area (Å²) in [6.07, 6.45) is 0. The van der Waals surface area contributed by atoms with Gasteiger partial charge in [0.25, 0.3) is 10.0 Å². The summed E-state index contributed by atoms with van der Waals surface area (Å²) in [5, 5.41) is 4.11. The molecule has 0 N–H and O–H groups in total. The molecule has 0 spiro atoms. The summed E-state index contributed by atoms with van der Waals surface area (Å²) in [5.41, 5.74) is 0.583. The zero-order valence-electron chi connectivity index (χ0n) is 13.4. The zero-order chi connectivity index (χ0) is 18.0. The minimum absolute atomic E-state index is 0.196. The number of thiazole rings is 1. The van der Waals surface area contributed by atoms with Crippen LogP contribution in [0.15, 0.2) is 51.4 Å². The van der Waals surface area contributed by atoms with Crippen LogP contribution in [0.5, 0.6) is 0 Å². The number of benzene rings is 1. The van der Waals surface area contributed by atoms with Crippen LogP contribution in [0.2, 0.25) is 0 Å². The summed E-state index contributed by atoms with van der Waals surface area (Å²) in [4.78, 5) is 16.1. The van der Waals surface area contributed by atoms with Gasteiger partial charge in [-0.1, -0.05) is 12.1 Å². The number of ether oxygens (including phenoxy) is 1. The van der Waals surface area contributed by atoms with Crippen molar-refractivity contribution in [1.29, 1.82) is 0 Å². The summed E-state index contributed by atoms with van der Waals surface area (Å²) < 4.78 is 32.3. The summed E-state index contributed by atoms with van der Waals surface area (Å²) in [6.45, 7) is 1.80. The third kappa shape index (κ3) is 3.44. The van der Waals surface area contributed by atoms with Crippen molar-refractivity contribution in [1.82, 2.24) is 4.98 Å². The Bertz CT molecular complexity index is 994. The fourth-order valence-corrected chi connectivity index (χ4v) is 5.35. The van der Waals surface area contributed by atoms with Gasteiger partial charge >= 0.3 is 5.97 Å². The topological polar surface area (TPSA) is 76.6 Å². The molecule has 6 nitrogen and oxygen atoms in total. The molecule has 2 aromatic heterocycles. The zero-order valence-corrected chi connectivity index (χ0v) is 15.8. The standard InChI is InChI=1S/C16H14N2O4S3/c1-11-17-14(10-24-11)18(25(20,21)15-7-4-8-23-15)13-6-3-5-12(9-13)16(19)22-2/h3-10H,1-2H3. The molecule has 2 heterocycles. The van der Waals surface area contributed by atoms with Crippen molar-refractivity contribution in [3.05, 3.63) is 57.7 Å². The van der Waals surface area contributed by atoms with E-state index in [0.717, 1.165) is 20.6 Å². The second-order valence-electron chi connectivity index (χ2n) is 4.97. The largest absolute Gasteiger partial charge is 0.465 e. The van der Waals surface area contributed by atoms with Gasteiger partial charge in [-0.05, 0) is 36.6 Å². The SMILES string of the molecule is COC(=O)c1cccc(N(c2csc(C)n2)S(=O)(=O)c2cccs2)c1. The average molecular weight is 394 g/mol. The number of rotatable bonds is 5. The Hall–Kier alpha value is -2.23. The van der Waals surface area contributed by atoms with Crippen LogP contribution >= 0.6 is 22.7 Å². The van der Waals surface area contributed by atoms with Crippen LogP contribution in [0.25, 0.3) is 0 Å². The molecule has 0 bridgehead atoms. The number of hydrogen-bond donors (Lipinski definition) is 0. The number of anilines is 2. The van der Waals surface area contributed by atoms with Crippen molar-refractivity contribution in [2.75, 3.05) is 11.4 Å². The number of hydrogen-bond acceptors (Lipinski definition) is 7.